The van der Waals surface area contributed by atoms with Gasteiger partial charge in [-0.15, -0.1) is 0 Å². The molecule has 0 aliphatic heterocycles. The van der Waals surface area contributed by atoms with E-state index in [1.165, 1.54) is 6.08 Å². The smallest absolute Gasteiger partial charge is 0.330 e. The molecule has 0 aliphatic carbocycles. The molecule has 0 unspecified atom stereocenters. The van der Waals surface area contributed by atoms with Gasteiger partial charge < -0.3 is 9.47 Å². The summed E-state index contributed by atoms with van der Waals surface area (Å²) in [5.74, 6) is -0.540. The Morgan fingerprint density at radius 2 is 1.83 bits per heavy atom. The zero-order chi connectivity index (χ0) is 21.3. The van der Waals surface area contributed by atoms with Crippen molar-refractivity contribution >= 4 is 28.8 Å². The van der Waals surface area contributed by atoms with Crippen molar-refractivity contribution in [3.05, 3.63) is 83.4 Å². The number of hydrogen-bond donors (Lipinski definition) is 0. The van der Waals surface area contributed by atoms with E-state index >= 15 is 0 Å². The lowest BCUT2D eigenvalue weighted by molar-refractivity contribution is -0.137. The number of carbonyl (C=O) groups excluding carboxylic acids is 2. The summed E-state index contributed by atoms with van der Waals surface area (Å²) < 4.78 is 10.3. The van der Waals surface area contributed by atoms with E-state index in [0.29, 0.717) is 18.6 Å². The lowest BCUT2D eigenvalue weighted by atomic mass is 9.97. The second-order valence-electron chi connectivity index (χ2n) is 6.57. The Bertz CT molecular complexity index is 1140. The van der Waals surface area contributed by atoms with Crippen LogP contribution in [0.2, 0.25) is 0 Å². The Labute approximate surface area is 175 Å². The van der Waals surface area contributed by atoms with Crippen molar-refractivity contribution < 1.29 is 19.1 Å². The van der Waals surface area contributed by atoms with Crippen molar-refractivity contribution in [3.8, 4) is 11.8 Å². The topological polar surface area (TPSA) is 76.4 Å². The first-order chi connectivity index (χ1) is 14.6. The van der Waals surface area contributed by atoms with Crippen molar-refractivity contribution in [2.75, 3.05) is 6.61 Å². The van der Waals surface area contributed by atoms with Crippen molar-refractivity contribution in [2.45, 2.75) is 19.8 Å². The fourth-order valence-electron chi connectivity index (χ4n) is 3.13. The molecule has 0 aromatic heterocycles. The number of esters is 2. The number of hydrogen-bond acceptors (Lipinski definition) is 5. The summed E-state index contributed by atoms with van der Waals surface area (Å²) in [4.78, 5) is 24.0. The van der Waals surface area contributed by atoms with E-state index in [2.05, 4.69) is 0 Å². The second-order valence-corrected chi connectivity index (χ2v) is 6.57. The van der Waals surface area contributed by atoms with Gasteiger partial charge in [-0.05, 0) is 59.5 Å². The Balaban J connectivity index is 1.78. The molecule has 0 aliphatic rings. The average Bonchev–Trinajstić information content (AvgIpc) is 2.76. The quantitative estimate of drug-likeness (QED) is 0.323. The minimum atomic E-state index is -0.408. The fourth-order valence-corrected chi connectivity index (χ4v) is 3.13. The first kappa shape index (κ1) is 20.8. The average molecular weight is 399 g/mol. The molecule has 5 heteroatoms. The maximum atomic E-state index is 12.4. The third-order valence-corrected chi connectivity index (χ3v) is 4.50. The largest absolute Gasteiger partial charge is 0.463 e. The number of fused-ring (bicyclic) bond motifs is 1. The zero-order valence-electron chi connectivity index (χ0n) is 16.6. The van der Waals surface area contributed by atoms with E-state index < -0.39 is 11.9 Å². The number of nitriles is 1. The predicted molar refractivity (Wildman–Crippen MR) is 115 cm³/mol. The summed E-state index contributed by atoms with van der Waals surface area (Å²) in [5, 5.41) is 11.2. The van der Waals surface area contributed by atoms with Crippen LogP contribution in [0.4, 0.5) is 0 Å². The minimum absolute atomic E-state index is 0.162. The van der Waals surface area contributed by atoms with Gasteiger partial charge in [-0.1, -0.05) is 42.5 Å². The van der Waals surface area contributed by atoms with Crippen molar-refractivity contribution in [3.63, 3.8) is 0 Å². The minimum Gasteiger partial charge on any atom is -0.463 e. The van der Waals surface area contributed by atoms with Crippen LogP contribution in [-0.4, -0.2) is 18.5 Å². The van der Waals surface area contributed by atoms with Crippen LogP contribution < -0.4 is 4.74 Å². The Morgan fingerprint density at radius 1 is 1.07 bits per heavy atom. The molecule has 0 fully saturated rings. The van der Waals surface area contributed by atoms with Gasteiger partial charge in [-0.3, -0.25) is 4.79 Å². The summed E-state index contributed by atoms with van der Waals surface area (Å²) in [7, 11) is 0. The van der Waals surface area contributed by atoms with Gasteiger partial charge in [0.2, 0.25) is 0 Å². The van der Waals surface area contributed by atoms with Gasteiger partial charge in [0.25, 0.3) is 0 Å². The highest BCUT2D eigenvalue weighted by atomic mass is 16.5. The molecule has 150 valence electrons. The molecular formula is C25H21NO4. The third-order valence-electron chi connectivity index (χ3n) is 4.50. The van der Waals surface area contributed by atoms with Crippen LogP contribution in [0, 0.1) is 11.3 Å². The number of aryl methyl sites for hydroxylation is 1. The van der Waals surface area contributed by atoms with Crippen LogP contribution in [0.5, 0.6) is 5.75 Å². The highest BCUT2D eigenvalue weighted by Crippen LogP contribution is 2.24. The number of rotatable bonds is 7. The molecule has 3 rings (SSSR count). The highest BCUT2D eigenvalue weighted by Gasteiger charge is 2.11. The van der Waals surface area contributed by atoms with Crippen LogP contribution in [-0.2, 0) is 20.7 Å². The lowest BCUT2D eigenvalue weighted by Gasteiger charge is -2.10. The van der Waals surface area contributed by atoms with Gasteiger partial charge in [0.05, 0.1) is 18.6 Å². The molecule has 0 spiro atoms. The molecule has 0 heterocycles. The van der Waals surface area contributed by atoms with E-state index in [1.807, 2.05) is 42.5 Å². The molecule has 0 amide bonds. The van der Waals surface area contributed by atoms with Gasteiger partial charge in [-0.25, -0.2) is 4.79 Å². The van der Waals surface area contributed by atoms with Gasteiger partial charge in [0.15, 0.2) is 0 Å². The summed E-state index contributed by atoms with van der Waals surface area (Å²) in [6.07, 6.45) is 3.73. The summed E-state index contributed by atoms with van der Waals surface area (Å²) >= 11 is 0. The molecule has 5 nitrogen and oxygen atoms in total. The highest BCUT2D eigenvalue weighted by molar-refractivity contribution is 5.91. The third kappa shape index (κ3) is 5.33. The van der Waals surface area contributed by atoms with E-state index in [0.717, 1.165) is 21.9 Å². The zero-order valence-corrected chi connectivity index (χ0v) is 16.6. The summed E-state index contributed by atoms with van der Waals surface area (Å²) in [6.45, 7) is 2.08. The van der Waals surface area contributed by atoms with E-state index in [1.54, 1.807) is 37.3 Å². The van der Waals surface area contributed by atoms with Crippen molar-refractivity contribution in [2.24, 2.45) is 0 Å². The molecule has 0 saturated carbocycles. The molecule has 0 saturated heterocycles. The number of nitrogens with zero attached hydrogens (tertiary/aromatic N) is 1. The van der Waals surface area contributed by atoms with Gasteiger partial charge >= 0.3 is 11.9 Å². The maximum Gasteiger partial charge on any atom is 0.330 e. The van der Waals surface area contributed by atoms with Crippen LogP contribution in [0.25, 0.3) is 16.8 Å². The Kier molecular flexibility index (Phi) is 6.96. The summed E-state index contributed by atoms with van der Waals surface area (Å²) in [6, 6.07) is 20.5. The molecule has 0 radical (unpaired) electrons. The Morgan fingerprint density at radius 3 is 2.63 bits per heavy atom. The first-order valence-corrected chi connectivity index (χ1v) is 9.67. The molecule has 0 N–H and O–H groups in total. The van der Waals surface area contributed by atoms with Crippen LogP contribution in [0.3, 0.4) is 0 Å². The maximum absolute atomic E-state index is 12.4. The van der Waals surface area contributed by atoms with Gasteiger partial charge in [-0.2, -0.15) is 5.26 Å². The normalized spacial score (nSPS) is 10.7. The van der Waals surface area contributed by atoms with Crippen molar-refractivity contribution in [1.29, 1.82) is 5.26 Å². The molecule has 0 bridgehead atoms. The summed E-state index contributed by atoms with van der Waals surface area (Å²) in [5.41, 5.74) is 2.14. The first-order valence-electron chi connectivity index (χ1n) is 9.67. The van der Waals surface area contributed by atoms with E-state index in [-0.39, 0.29) is 12.2 Å². The van der Waals surface area contributed by atoms with E-state index in [9.17, 15) is 9.59 Å². The van der Waals surface area contributed by atoms with Crippen LogP contribution in [0.15, 0.2) is 66.7 Å². The fraction of sp³-hybridized carbons (Fsp3) is 0.160. The van der Waals surface area contributed by atoms with E-state index in [4.69, 9.17) is 14.7 Å². The second kappa shape index (κ2) is 10.0. The van der Waals surface area contributed by atoms with Crippen LogP contribution in [0.1, 0.15) is 30.0 Å². The molecule has 3 aromatic rings. The number of ether oxygens (including phenoxy) is 2. The Hall–Kier alpha value is -3.91. The number of para-hydroxylation sites is 1. The molecule has 30 heavy (non-hydrogen) atoms. The molecule has 0 atom stereocenters. The monoisotopic (exact) mass is 399 g/mol. The molecule has 3 aromatic carbocycles. The number of benzene rings is 3. The van der Waals surface area contributed by atoms with Crippen LogP contribution >= 0.6 is 0 Å². The predicted octanol–water partition coefficient (Wildman–Crippen LogP) is 4.83. The SMILES string of the molecule is CCOC(=O)/C=C/c1cc(CCC(=O)Oc2ccccc2C#N)c2ccccc2c1. The van der Waals surface area contributed by atoms with Crippen molar-refractivity contribution in [1.82, 2.24) is 0 Å². The van der Waals surface area contributed by atoms with Gasteiger partial charge in [0, 0.05) is 6.08 Å². The standard InChI is InChI=1S/C25H21NO4/c1-2-29-24(27)13-11-18-15-19-7-3-5-9-22(19)20(16-18)12-14-25(28)30-23-10-6-4-8-21(23)17-26/h3-11,13,15-16H,2,12,14H2,1H3/b13-11+. The molecular weight excluding hydrogens is 378 g/mol. The van der Waals surface area contributed by atoms with Gasteiger partial charge in [0.1, 0.15) is 11.8 Å². The lowest BCUT2D eigenvalue weighted by Crippen LogP contribution is -2.10. The number of carbonyl (C=O) groups is 2.